The summed E-state index contributed by atoms with van der Waals surface area (Å²) >= 11 is 0. The SMILES string of the molecule is CC1CC2CC1CC(C)C2CCCCC1CC2CCC1C(C)C2C. The van der Waals surface area contributed by atoms with E-state index in [4.69, 9.17) is 0 Å². The fourth-order valence-electron chi connectivity index (χ4n) is 8.13. The number of hydrogen-bond acceptors (Lipinski definition) is 0. The van der Waals surface area contributed by atoms with Gasteiger partial charge in [0.05, 0.1) is 0 Å². The average molecular weight is 331 g/mol. The molecule has 5 fully saturated rings. The maximum atomic E-state index is 2.57. The molecule has 0 aromatic carbocycles. The second-order valence-corrected chi connectivity index (χ2v) is 10.8. The minimum atomic E-state index is 1.01. The molecule has 5 saturated carbocycles. The predicted octanol–water partition coefficient (Wildman–Crippen LogP) is 7.18. The van der Waals surface area contributed by atoms with Crippen LogP contribution in [0.4, 0.5) is 0 Å². The van der Waals surface area contributed by atoms with Crippen LogP contribution in [0.5, 0.6) is 0 Å². The summed E-state index contributed by atoms with van der Waals surface area (Å²) < 4.78 is 0. The zero-order valence-corrected chi connectivity index (χ0v) is 16.8. The minimum Gasteiger partial charge on any atom is -0.0622 e. The van der Waals surface area contributed by atoms with Crippen molar-refractivity contribution in [2.45, 2.75) is 91.9 Å². The lowest BCUT2D eigenvalue weighted by molar-refractivity contribution is -0.0112. The first kappa shape index (κ1) is 17.4. The van der Waals surface area contributed by atoms with E-state index in [1.54, 1.807) is 51.4 Å². The van der Waals surface area contributed by atoms with Crippen LogP contribution in [-0.2, 0) is 0 Å². The molecule has 0 radical (unpaired) electrons. The molecule has 0 heteroatoms. The summed E-state index contributed by atoms with van der Waals surface area (Å²) in [7, 11) is 0. The van der Waals surface area contributed by atoms with Crippen molar-refractivity contribution < 1.29 is 0 Å². The Bertz CT molecular complexity index is 422. The van der Waals surface area contributed by atoms with Crippen LogP contribution in [0.15, 0.2) is 0 Å². The van der Waals surface area contributed by atoms with Gasteiger partial charge in [-0.15, -0.1) is 0 Å². The van der Waals surface area contributed by atoms with E-state index in [1.807, 2.05) is 0 Å². The minimum absolute atomic E-state index is 1.01. The first-order chi connectivity index (χ1) is 11.5. The van der Waals surface area contributed by atoms with E-state index in [0.29, 0.717) is 0 Å². The van der Waals surface area contributed by atoms with Gasteiger partial charge in [0.1, 0.15) is 0 Å². The first-order valence-electron chi connectivity index (χ1n) is 11.5. The van der Waals surface area contributed by atoms with Crippen molar-refractivity contribution >= 4 is 0 Å². The van der Waals surface area contributed by atoms with Gasteiger partial charge >= 0.3 is 0 Å². The van der Waals surface area contributed by atoms with Gasteiger partial charge in [-0.25, -0.2) is 0 Å². The van der Waals surface area contributed by atoms with Crippen LogP contribution >= 0.6 is 0 Å². The molecule has 10 atom stereocenters. The van der Waals surface area contributed by atoms with Crippen LogP contribution in [0.3, 0.4) is 0 Å². The van der Waals surface area contributed by atoms with E-state index in [2.05, 4.69) is 27.7 Å². The standard InChI is InChI=1S/C24H42/c1-15-11-22-14-21(15)12-16(2)23(22)8-6-5-7-20-13-19-9-10-24(20)18(4)17(19)3/h15-24H,5-14H2,1-4H3. The Labute approximate surface area is 151 Å². The summed E-state index contributed by atoms with van der Waals surface area (Å²) in [5.74, 6) is 10.6. The molecule has 0 heterocycles. The van der Waals surface area contributed by atoms with Gasteiger partial charge < -0.3 is 0 Å². The fraction of sp³-hybridized carbons (Fsp3) is 1.00. The third kappa shape index (κ3) is 3.09. The Morgan fingerprint density at radius 3 is 2.17 bits per heavy atom. The summed E-state index contributed by atoms with van der Waals surface area (Å²) in [6.45, 7) is 10.2. The van der Waals surface area contributed by atoms with E-state index < -0.39 is 0 Å². The summed E-state index contributed by atoms with van der Waals surface area (Å²) in [5.41, 5.74) is 0. The molecule has 5 aliphatic rings. The molecule has 0 aromatic rings. The number of hydrogen-bond donors (Lipinski definition) is 0. The average Bonchev–Trinajstić information content (AvgIpc) is 2.87. The molecule has 4 bridgehead atoms. The van der Waals surface area contributed by atoms with Crippen molar-refractivity contribution in [2.75, 3.05) is 0 Å². The van der Waals surface area contributed by atoms with Crippen molar-refractivity contribution in [3.8, 4) is 0 Å². The van der Waals surface area contributed by atoms with Crippen LogP contribution in [0.25, 0.3) is 0 Å². The molecule has 0 aliphatic heterocycles. The maximum absolute atomic E-state index is 2.57. The highest BCUT2D eigenvalue weighted by Crippen LogP contribution is 2.54. The zero-order valence-electron chi connectivity index (χ0n) is 16.8. The van der Waals surface area contributed by atoms with Crippen molar-refractivity contribution in [1.29, 1.82) is 0 Å². The second-order valence-electron chi connectivity index (χ2n) is 10.8. The first-order valence-corrected chi connectivity index (χ1v) is 11.5. The van der Waals surface area contributed by atoms with Gasteiger partial charge in [0.25, 0.3) is 0 Å². The van der Waals surface area contributed by atoms with E-state index in [-0.39, 0.29) is 0 Å². The molecule has 24 heavy (non-hydrogen) atoms. The van der Waals surface area contributed by atoms with Gasteiger partial charge in [0.15, 0.2) is 0 Å². The third-order valence-electron chi connectivity index (χ3n) is 9.79. The summed E-state index contributed by atoms with van der Waals surface area (Å²) in [6.07, 6.45) is 15.5. The molecule has 0 N–H and O–H groups in total. The predicted molar refractivity (Wildman–Crippen MR) is 104 cm³/mol. The van der Waals surface area contributed by atoms with Crippen molar-refractivity contribution in [3.05, 3.63) is 0 Å². The quantitative estimate of drug-likeness (QED) is 0.468. The van der Waals surface area contributed by atoms with Gasteiger partial charge in [0.2, 0.25) is 0 Å². The fourth-order valence-corrected chi connectivity index (χ4v) is 8.13. The Balaban J connectivity index is 1.23. The number of rotatable bonds is 5. The number of fused-ring (bicyclic) bond motifs is 5. The molecule has 5 rings (SSSR count). The summed E-state index contributed by atoms with van der Waals surface area (Å²) in [5, 5.41) is 0. The maximum Gasteiger partial charge on any atom is -0.0357 e. The van der Waals surface area contributed by atoms with E-state index in [9.17, 15) is 0 Å². The zero-order chi connectivity index (χ0) is 16.8. The monoisotopic (exact) mass is 330 g/mol. The van der Waals surface area contributed by atoms with Gasteiger partial charge in [-0.1, -0.05) is 47.0 Å². The normalized spacial score (nSPS) is 53.5. The van der Waals surface area contributed by atoms with Gasteiger partial charge in [-0.05, 0) is 104 Å². The summed E-state index contributed by atoms with van der Waals surface area (Å²) in [4.78, 5) is 0. The Morgan fingerprint density at radius 2 is 1.38 bits per heavy atom. The molecule has 0 spiro atoms. The summed E-state index contributed by atoms with van der Waals surface area (Å²) in [6, 6.07) is 0. The molecule has 138 valence electrons. The molecule has 0 saturated heterocycles. The van der Waals surface area contributed by atoms with Crippen LogP contribution in [0.1, 0.15) is 91.9 Å². The molecule has 0 amide bonds. The highest BCUT2D eigenvalue weighted by molar-refractivity contribution is 4.94. The van der Waals surface area contributed by atoms with E-state index in [1.165, 1.54) is 12.8 Å². The lowest BCUT2D eigenvalue weighted by Gasteiger charge is -2.51. The Hall–Kier alpha value is 0. The Morgan fingerprint density at radius 1 is 0.625 bits per heavy atom. The largest absolute Gasteiger partial charge is 0.0622 e. The molecule has 5 aliphatic carbocycles. The van der Waals surface area contributed by atoms with E-state index in [0.717, 1.165) is 59.2 Å². The van der Waals surface area contributed by atoms with Crippen LogP contribution in [0.2, 0.25) is 0 Å². The third-order valence-corrected chi connectivity index (χ3v) is 9.79. The highest BCUT2D eigenvalue weighted by atomic mass is 14.5. The van der Waals surface area contributed by atoms with Crippen LogP contribution < -0.4 is 0 Å². The molecular formula is C24H42. The Kier molecular flexibility index (Phi) is 5.05. The number of unbranched alkanes of at least 4 members (excludes halogenated alkanes) is 1. The van der Waals surface area contributed by atoms with Crippen molar-refractivity contribution in [1.82, 2.24) is 0 Å². The van der Waals surface area contributed by atoms with E-state index >= 15 is 0 Å². The van der Waals surface area contributed by atoms with Gasteiger partial charge in [0, 0.05) is 0 Å². The molecular weight excluding hydrogens is 288 g/mol. The molecule has 10 unspecified atom stereocenters. The van der Waals surface area contributed by atoms with Gasteiger partial charge in [-0.2, -0.15) is 0 Å². The smallest absolute Gasteiger partial charge is 0.0357 e. The lowest BCUT2D eigenvalue weighted by Crippen LogP contribution is -2.42. The van der Waals surface area contributed by atoms with Gasteiger partial charge in [-0.3, -0.25) is 0 Å². The van der Waals surface area contributed by atoms with Crippen molar-refractivity contribution in [2.24, 2.45) is 59.2 Å². The molecule has 0 aromatic heterocycles. The molecule has 0 nitrogen and oxygen atoms in total. The lowest BCUT2D eigenvalue weighted by atomic mass is 9.55. The van der Waals surface area contributed by atoms with Crippen molar-refractivity contribution in [3.63, 3.8) is 0 Å². The second kappa shape index (κ2) is 6.96. The van der Waals surface area contributed by atoms with Crippen LogP contribution in [0, 0.1) is 59.2 Å². The highest BCUT2D eigenvalue weighted by Gasteiger charge is 2.45. The van der Waals surface area contributed by atoms with Crippen LogP contribution in [-0.4, -0.2) is 0 Å². The topological polar surface area (TPSA) is 0 Å².